The molecule has 0 aromatic carbocycles. The number of hydrogen-bond donors (Lipinski definition) is 3. The molecule has 0 aliphatic carbocycles. The van der Waals surface area contributed by atoms with Gasteiger partial charge in [-0.3, -0.25) is 9.59 Å². The maximum Gasteiger partial charge on any atom is 0.246 e. The van der Waals surface area contributed by atoms with Crippen LogP contribution in [0, 0.1) is 0 Å². The van der Waals surface area contributed by atoms with Crippen molar-refractivity contribution >= 4 is 11.8 Å². The summed E-state index contributed by atoms with van der Waals surface area (Å²) in [5.74, 6) is -0.908. The summed E-state index contributed by atoms with van der Waals surface area (Å²) in [6.45, 7) is 6.45. The van der Waals surface area contributed by atoms with Gasteiger partial charge in [0.2, 0.25) is 11.8 Å². The Labute approximate surface area is 94.9 Å². The molecule has 6 nitrogen and oxygen atoms in total. The zero-order chi connectivity index (χ0) is 12.4. The van der Waals surface area contributed by atoms with Crippen LogP contribution >= 0.6 is 0 Å². The lowest BCUT2D eigenvalue weighted by Gasteiger charge is -2.39. The van der Waals surface area contributed by atoms with E-state index in [1.807, 2.05) is 6.92 Å². The molecular formula is C10H19N3O3. The number of hydrogen-bond acceptors (Lipinski definition) is 4. The highest BCUT2D eigenvalue weighted by molar-refractivity contribution is 5.89. The fraction of sp³-hybridized carbons (Fsp3) is 0.800. The molecule has 16 heavy (non-hydrogen) atoms. The molecule has 0 aromatic rings. The third kappa shape index (κ3) is 3.18. The number of carbonyl (C=O) groups excluding carboxylic acids is 2. The van der Waals surface area contributed by atoms with Gasteiger partial charge in [0.05, 0.1) is 5.60 Å². The molecule has 6 heteroatoms. The Bertz CT molecular complexity index is 298. The first kappa shape index (κ1) is 12.9. The number of nitrogens with one attached hydrogen (secondary N) is 2. The van der Waals surface area contributed by atoms with Crippen LogP contribution in [0.2, 0.25) is 0 Å². The van der Waals surface area contributed by atoms with Gasteiger partial charge in [0.15, 0.2) is 0 Å². The Morgan fingerprint density at radius 1 is 1.50 bits per heavy atom. The van der Waals surface area contributed by atoms with Gasteiger partial charge in [-0.05, 0) is 20.8 Å². The van der Waals surface area contributed by atoms with Gasteiger partial charge in [-0.1, -0.05) is 0 Å². The molecule has 0 radical (unpaired) electrons. The van der Waals surface area contributed by atoms with Crippen LogP contribution in [0.25, 0.3) is 0 Å². The topological polar surface area (TPSA) is 93.4 Å². The number of ether oxygens (including phenoxy) is 1. The van der Waals surface area contributed by atoms with Gasteiger partial charge in [0, 0.05) is 13.1 Å². The summed E-state index contributed by atoms with van der Waals surface area (Å²) < 4.78 is 5.43. The van der Waals surface area contributed by atoms with E-state index in [4.69, 9.17) is 10.5 Å². The van der Waals surface area contributed by atoms with Crippen LogP contribution in [0.3, 0.4) is 0 Å². The number of carbonyl (C=O) groups is 2. The van der Waals surface area contributed by atoms with E-state index in [1.54, 1.807) is 13.8 Å². The van der Waals surface area contributed by atoms with Crippen LogP contribution in [0.15, 0.2) is 0 Å². The van der Waals surface area contributed by atoms with Gasteiger partial charge >= 0.3 is 0 Å². The standard InChI is InChI=1S/C10H19N3O3/c1-9(2,8(11)15)13-7(14)4-16-10(3)5-12-6-10/h12H,4-6H2,1-3H3,(H2,11,15)(H,13,14). The van der Waals surface area contributed by atoms with Gasteiger partial charge in [-0.2, -0.15) is 0 Å². The molecule has 0 saturated carbocycles. The molecule has 92 valence electrons. The molecule has 1 rings (SSSR count). The lowest BCUT2D eigenvalue weighted by Crippen LogP contribution is -2.60. The second-order valence-corrected chi connectivity index (χ2v) is 4.88. The highest BCUT2D eigenvalue weighted by Gasteiger charge is 2.34. The molecule has 0 unspecified atom stereocenters. The van der Waals surface area contributed by atoms with Crippen molar-refractivity contribution in [2.75, 3.05) is 19.7 Å². The molecular weight excluding hydrogens is 210 g/mol. The summed E-state index contributed by atoms with van der Waals surface area (Å²) >= 11 is 0. The van der Waals surface area contributed by atoms with Crippen LogP contribution < -0.4 is 16.4 Å². The summed E-state index contributed by atoms with van der Waals surface area (Å²) in [5, 5.41) is 5.58. The molecule has 0 bridgehead atoms. The minimum Gasteiger partial charge on any atom is -0.368 e. The second kappa shape index (κ2) is 4.39. The summed E-state index contributed by atoms with van der Waals surface area (Å²) in [5.41, 5.74) is 3.82. The first-order valence-electron chi connectivity index (χ1n) is 5.21. The smallest absolute Gasteiger partial charge is 0.246 e. The average molecular weight is 229 g/mol. The number of nitrogens with two attached hydrogens (primary N) is 1. The molecule has 0 aromatic heterocycles. The molecule has 1 aliphatic heterocycles. The van der Waals surface area contributed by atoms with Crippen molar-refractivity contribution in [1.82, 2.24) is 10.6 Å². The summed E-state index contributed by atoms with van der Waals surface area (Å²) in [4.78, 5) is 22.5. The molecule has 0 atom stereocenters. The van der Waals surface area contributed by atoms with Gasteiger partial charge in [-0.25, -0.2) is 0 Å². The molecule has 1 fully saturated rings. The van der Waals surface area contributed by atoms with Gasteiger partial charge in [-0.15, -0.1) is 0 Å². The summed E-state index contributed by atoms with van der Waals surface area (Å²) in [6, 6.07) is 0. The van der Waals surface area contributed by atoms with Crippen molar-refractivity contribution in [2.24, 2.45) is 5.73 Å². The molecule has 1 heterocycles. The zero-order valence-corrected chi connectivity index (χ0v) is 9.92. The van der Waals surface area contributed by atoms with Crippen molar-refractivity contribution in [2.45, 2.75) is 31.9 Å². The predicted molar refractivity (Wildman–Crippen MR) is 58.6 cm³/mol. The van der Waals surface area contributed by atoms with Crippen molar-refractivity contribution in [3.63, 3.8) is 0 Å². The van der Waals surface area contributed by atoms with Gasteiger partial charge in [0.25, 0.3) is 0 Å². The van der Waals surface area contributed by atoms with E-state index in [0.29, 0.717) is 0 Å². The first-order chi connectivity index (χ1) is 7.25. The third-order valence-corrected chi connectivity index (χ3v) is 2.62. The Balaban J connectivity index is 2.33. The first-order valence-corrected chi connectivity index (χ1v) is 5.21. The number of primary amides is 1. The lowest BCUT2D eigenvalue weighted by molar-refractivity contribution is -0.140. The van der Waals surface area contributed by atoms with Crippen LogP contribution in [-0.4, -0.2) is 42.7 Å². The van der Waals surface area contributed by atoms with Crippen LogP contribution in [0.5, 0.6) is 0 Å². The quantitative estimate of drug-likeness (QED) is 0.549. The van der Waals surface area contributed by atoms with Crippen LogP contribution in [-0.2, 0) is 14.3 Å². The zero-order valence-electron chi connectivity index (χ0n) is 9.92. The highest BCUT2D eigenvalue weighted by Crippen LogP contribution is 2.14. The van der Waals surface area contributed by atoms with E-state index in [1.165, 1.54) is 0 Å². The average Bonchev–Trinajstić information content (AvgIpc) is 2.10. The minimum atomic E-state index is -1.04. The molecule has 2 amide bonds. The SMILES string of the molecule is CC1(OCC(=O)NC(C)(C)C(N)=O)CNC1. The van der Waals surface area contributed by atoms with E-state index in [2.05, 4.69) is 10.6 Å². The normalized spacial score (nSPS) is 18.7. The van der Waals surface area contributed by atoms with Crippen LogP contribution in [0.1, 0.15) is 20.8 Å². The Hall–Kier alpha value is -1.14. The maximum absolute atomic E-state index is 11.5. The van der Waals surface area contributed by atoms with E-state index in [9.17, 15) is 9.59 Å². The molecule has 1 saturated heterocycles. The summed E-state index contributed by atoms with van der Waals surface area (Å²) in [7, 11) is 0. The van der Waals surface area contributed by atoms with E-state index in [-0.39, 0.29) is 18.1 Å². The van der Waals surface area contributed by atoms with Crippen molar-refractivity contribution < 1.29 is 14.3 Å². The molecule has 0 spiro atoms. The fourth-order valence-electron chi connectivity index (χ4n) is 1.27. The van der Waals surface area contributed by atoms with E-state index < -0.39 is 11.4 Å². The maximum atomic E-state index is 11.5. The number of amides is 2. The van der Waals surface area contributed by atoms with E-state index >= 15 is 0 Å². The fourth-order valence-corrected chi connectivity index (χ4v) is 1.27. The van der Waals surface area contributed by atoms with Crippen LogP contribution in [0.4, 0.5) is 0 Å². The van der Waals surface area contributed by atoms with Gasteiger partial charge in [0.1, 0.15) is 12.1 Å². The molecule has 1 aliphatic rings. The minimum absolute atomic E-state index is 0.0606. The van der Waals surface area contributed by atoms with E-state index in [0.717, 1.165) is 13.1 Å². The highest BCUT2D eigenvalue weighted by atomic mass is 16.5. The lowest BCUT2D eigenvalue weighted by atomic mass is 10.0. The predicted octanol–water partition coefficient (Wildman–Crippen LogP) is -1.25. The Morgan fingerprint density at radius 3 is 2.44 bits per heavy atom. The van der Waals surface area contributed by atoms with Crippen molar-refractivity contribution in [3.05, 3.63) is 0 Å². The Morgan fingerprint density at radius 2 is 2.06 bits per heavy atom. The third-order valence-electron chi connectivity index (χ3n) is 2.62. The monoisotopic (exact) mass is 229 g/mol. The summed E-state index contributed by atoms with van der Waals surface area (Å²) in [6.07, 6.45) is 0. The molecule has 4 N–H and O–H groups in total. The van der Waals surface area contributed by atoms with Gasteiger partial charge < -0.3 is 21.1 Å². The van der Waals surface area contributed by atoms with Crippen molar-refractivity contribution in [1.29, 1.82) is 0 Å². The number of rotatable bonds is 5. The largest absolute Gasteiger partial charge is 0.368 e. The van der Waals surface area contributed by atoms with Crippen molar-refractivity contribution in [3.8, 4) is 0 Å². The Kier molecular flexibility index (Phi) is 3.54. The second-order valence-electron chi connectivity index (χ2n) is 4.88.